The maximum Gasteiger partial charge on any atom is 0.251 e. The van der Waals surface area contributed by atoms with E-state index in [1.54, 1.807) is 0 Å². The Labute approximate surface area is 159 Å². The van der Waals surface area contributed by atoms with Gasteiger partial charge in [0, 0.05) is 46.0 Å². The number of amides is 1. The van der Waals surface area contributed by atoms with Crippen LogP contribution in [-0.4, -0.2) is 46.8 Å². The Bertz CT molecular complexity index is 894. The molecule has 2 rings (SSSR count). The van der Waals surface area contributed by atoms with Crippen molar-refractivity contribution in [1.82, 2.24) is 9.62 Å². The van der Waals surface area contributed by atoms with Crippen LogP contribution in [0.1, 0.15) is 15.9 Å². The van der Waals surface area contributed by atoms with Crippen LogP contribution in [0.3, 0.4) is 0 Å². The zero-order chi connectivity index (χ0) is 19.5. The van der Waals surface area contributed by atoms with Gasteiger partial charge >= 0.3 is 0 Å². The number of carbonyl (C=O) groups is 1. The van der Waals surface area contributed by atoms with Gasteiger partial charge in [-0.25, -0.2) is 12.7 Å². The van der Waals surface area contributed by atoms with E-state index in [-0.39, 0.29) is 21.4 Å². The molecule has 8 heteroatoms. The highest BCUT2D eigenvalue weighted by atomic mass is 35.5. The van der Waals surface area contributed by atoms with Gasteiger partial charge in [0.1, 0.15) is 4.90 Å². The summed E-state index contributed by atoms with van der Waals surface area (Å²) in [5.74, 6) is -0.367. The van der Waals surface area contributed by atoms with Crippen LogP contribution in [0, 0.1) is 0 Å². The lowest BCUT2D eigenvalue weighted by Crippen LogP contribution is -2.25. The lowest BCUT2D eigenvalue weighted by Gasteiger charge is -2.14. The van der Waals surface area contributed by atoms with Gasteiger partial charge in [-0.15, -0.1) is 0 Å². The maximum atomic E-state index is 12.4. The number of carbonyl (C=O) groups excluding carboxylic acids is 1. The second kappa shape index (κ2) is 8.07. The Kier molecular flexibility index (Phi) is 6.28. The van der Waals surface area contributed by atoms with E-state index >= 15 is 0 Å². The number of anilines is 1. The minimum absolute atomic E-state index is 0.0783. The van der Waals surface area contributed by atoms with Gasteiger partial charge < -0.3 is 10.2 Å². The average Bonchev–Trinajstić information content (AvgIpc) is 2.60. The highest BCUT2D eigenvalue weighted by molar-refractivity contribution is 7.89. The standard InChI is InChI=1S/C18H22ClN3O3S/c1-21(2)15-8-5-13(6-9-15)12-20-18(23)14-7-10-16(19)17(11-14)26(24,25)22(3)4/h5-11H,12H2,1-4H3,(H,20,23). The summed E-state index contributed by atoms with van der Waals surface area (Å²) < 4.78 is 25.7. The van der Waals surface area contributed by atoms with E-state index in [9.17, 15) is 13.2 Å². The number of benzene rings is 2. The van der Waals surface area contributed by atoms with E-state index in [2.05, 4.69) is 5.32 Å². The van der Waals surface area contributed by atoms with Crippen molar-refractivity contribution >= 4 is 33.2 Å². The highest BCUT2D eigenvalue weighted by Crippen LogP contribution is 2.24. The molecule has 0 unspecified atom stereocenters. The second-order valence-electron chi connectivity index (χ2n) is 6.18. The lowest BCUT2D eigenvalue weighted by atomic mass is 10.1. The lowest BCUT2D eigenvalue weighted by molar-refractivity contribution is 0.0950. The van der Waals surface area contributed by atoms with E-state index in [4.69, 9.17) is 11.6 Å². The van der Waals surface area contributed by atoms with Gasteiger partial charge in [-0.2, -0.15) is 0 Å². The molecule has 6 nitrogen and oxygen atoms in total. The number of rotatable bonds is 6. The number of hydrogen-bond donors (Lipinski definition) is 1. The van der Waals surface area contributed by atoms with Crippen molar-refractivity contribution in [1.29, 1.82) is 0 Å². The van der Waals surface area contributed by atoms with Crippen molar-refractivity contribution in [3.63, 3.8) is 0 Å². The van der Waals surface area contributed by atoms with Crippen molar-refractivity contribution in [2.75, 3.05) is 33.1 Å². The molecule has 0 heterocycles. The number of halogens is 1. The summed E-state index contributed by atoms with van der Waals surface area (Å²) >= 11 is 6.00. The third kappa shape index (κ3) is 4.55. The summed E-state index contributed by atoms with van der Waals surface area (Å²) in [4.78, 5) is 14.3. The van der Waals surface area contributed by atoms with Gasteiger partial charge in [0.2, 0.25) is 10.0 Å². The van der Waals surface area contributed by atoms with E-state index < -0.39 is 10.0 Å². The van der Waals surface area contributed by atoms with E-state index in [0.29, 0.717) is 6.54 Å². The normalized spacial score (nSPS) is 11.5. The maximum absolute atomic E-state index is 12.4. The zero-order valence-corrected chi connectivity index (χ0v) is 16.7. The Morgan fingerprint density at radius 2 is 1.65 bits per heavy atom. The van der Waals surface area contributed by atoms with Gasteiger partial charge in [-0.3, -0.25) is 4.79 Å². The van der Waals surface area contributed by atoms with Crippen LogP contribution in [0.5, 0.6) is 0 Å². The molecule has 0 fully saturated rings. The monoisotopic (exact) mass is 395 g/mol. The van der Waals surface area contributed by atoms with Crippen LogP contribution in [-0.2, 0) is 16.6 Å². The molecular formula is C18H22ClN3O3S. The van der Waals surface area contributed by atoms with Crippen molar-refractivity contribution in [2.45, 2.75) is 11.4 Å². The Morgan fingerprint density at radius 3 is 2.19 bits per heavy atom. The first kappa shape index (κ1) is 20.2. The van der Waals surface area contributed by atoms with Crippen LogP contribution < -0.4 is 10.2 Å². The first-order valence-corrected chi connectivity index (χ1v) is 9.71. The van der Waals surface area contributed by atoms with E-state index in [1.807, 2.05) is 43.3 Å². The third-order valence-corrected chi connectivity index (χ3v) is 6.15. The van der Waals surface area contributed by atoms with Crippen LogP contribution in [0.2, 0.25) is 5.02 Å². The summed E-state index contributed by atoms with van der Waals surface area (Å²) in [6.07, 6.45) is 0. The number of nitrogens with one attached hydrogen (secondary N) is 1. The molecular weight excluding hydrogens is 374 g/mol. The molecule has 0 aromatic heterocycles. The van der Waals surface area contributed by atoms with Crippen LogP contribution in [0.15, 0.2) is 47.4 Å². The fraction of sp³-hybridized carbons (Fsp3) is 0.278. The minimum atomic E-state index is -3.73. The van der Waals surface area contributed by atoms with Gasteiger partial charge in [-0.1, -0.05) is 23.7 Å². The summed E-state index contributed by atoms with van der Waals surface area (Å²) in [6.45, 7) is 0.338. The summed E-state index contributed by atoms with van der Waals surface area (Å²) in [6, 6.07) is 12.0. The first-order valence-electron chi connectivity index (χ1n) is 7.89. The Morgan fingerprint density at radius 1 is 1.04 bits per heavy atom. The molecule has 0 radical (unpaired) electrons. The molecule has 26 heavy (non-hydrogen) atoms. The molecule has 1 amide bonds. The summed E-state index contributed by atoms with van der Waals surface area (Å²) in [5, 5.41) is 2.87. The molecule has 2 aromatic rings. The molecule has 1 N–H and O–H groups in total. The number of sulfonamides is 1. The molecule has 0 aliphatic heterocycles. The molecule has 0 bridgehead atoms. The SMILES string of the molecule is CN(C)c1ccc(CNC(=O)c2ccc(Cl)c(S(=O)(=O)N(C)C)c2)cc1. The van der Waals surface area contributed by atoms with Gasteiger partial charge in [0.15, 0.2) is 0 Å². The average molecular weight is 396 g/mol. The topological polar surface area (TPSA) is 69.7 Å². The smallest absolute Gasteiger partial charge is 0.251 e. The molecule has 0 aliphatic carbocycles. The largest absolute Gasteiger partial charge is 0.378 e. The Balaban J connectivity index is 2.15. The van der Waals surface area contributed by atoms with Crippen molar-refractivity contribution < 1.29 is 13.2 Å². The fourth-order valence-corrected chi connectivity index (χ4v) is 3.63. The van der Waals surface area contributed by atoms with Crippen LogP contribution in [0.25, 0.3) is 0 Å². The molecule has 0 aliphatic rings. The number of hydrogen-bond acceptors (Lipinski definition) is 4. The van der Waals surface area contributed by atoms with Gasteiger partial charge in [0.25, 0.3) is 5.91 Å². The van der Waals surface area contributed by atoms with Crippen molar-refractivity contribution in [3.8, 4) is 0 Å². The van der Waals surface area contributed by atoms with Crippen LogP contribution >= 0.6 is 11.6 Å². The number of nitrogens with zero attached hydrogens (tertiary/aromatic N) is 2. The second-order valence-corrected chi connectivity index (χ2v) is 8.70. The first-order chi connectivity index (χ1) is 12.1. The Hall–Kier alpha value is -2.09. The molecule has 0 spiro atoms. The molecule has 0 saturated carbocycles. The molecule has 0 atom stereocenters. The predicted octanol–water partition coefficient (Wildman–Crippen LogP) is 2.59. The van der Waals surface area contributed by atoms with E-state index in [1.165, 1.54) is 32.3 Å². The van der Waals surface area contributed by atoms with Crippen molar-refractivity contribution in [2.24, 2.45) is 0 Å². The fourth-order valence-electron chi connectivity index (χ4n) is 2.24. The molecule has 2 aromatic carbocycles. The zero-order valence-electron chi connectivity index (χ0n) is 15.2. The van der Waals surface area contributed by atoms with Gasteiger partial charge in [-0.05, 0) is 35.9 Å². The third-order valence-electron chi connectivity index (χ3n) is 3.86. The van der Waals surface area contributed by atoms with Crippen LogP contribution in [0.4, 0.5) is 5.69 Å². The molecule has 0 saturated heterocycles. The van der Waals surface area contributed by atoms with Gasteiger partial charge in [0.05, 0.1) is 5.02 Å². The highest BCUT2D eigenvalue weighted by Gasteiger charge is 2.22. The summed E-state index contributed by atoms with van der Waals surface area (Å²) in [5.41, 5.74) is 2.25. The summed E-state index contributed by atoms with van der Waals surface area (Å²) in [7, 11) is 3.01. The quantitative estimate of drug-likeness (QED) is 0.816. The van der Waals surface area contributed by atoms with Crippen molar-refractivity contribution in [3.05, 3.63) is 58.6 Å². The molecule has 140 valence electrons. The predicted molar refractivity (Wildman–Crippen MR) is 104 cm³/mol. The van der Waals surface area contributed by atoms with E-state index in [0.717, 1.165) is 15.6 Å². The minimum Gasteiger partial charge on any atom is -0.378 e.